The topological polar surface area (TPSA) is 93.7 Å². The normalized spacial score (nSPS) is 11.3. The van der Waals surface area contributed by atoms with E-state index in [4.69, 9.17) is 0 Å². The van der Waals surface area contributed by atoms with Gasteiger partial charge in [-0.1, -0.05) is 0 Å². The van der Waals surface area contributed by atoms with Gasteiger partial charge in [0.25, 0.3) is 10.2 Å². The van der Waals surface area contributed by atoms with Crippen LogP contribution in [0.5, 0.6) is 0 Å². The number of esters is 1. The second-order valence-corrected chi connectivity index (χ2v) is 4.10. The van der Waals surface area contributed by atoms with Gasteiger partial charge in [0.2, 0.25) is 0 Å². The highest BCUT2D eigenvalue weighted by Gasteiger charge is 2.11. The first kappa shape index (κ1) is 14.3. The van der Waals surface area contributed by atoms with Crippen LogP contribution >= 0.6 is 0 Å². The Bertz CT molecular complexity index is 277. The van der Waals surface area contributed by atoms with Crippen molar-refractivity contribution in [1.29, 1.82) is 0 Å². The summed E-state index contributed by atoms with van der Waals surface area (Å²) in [6.45, 7) is 1.89. The lowest BCUT2D eigenvalue weighted by Gasteiger charge is -2.07. The molecule has 0 radical (unpaired) electrons. The Hall–Kier alpha value is -0.700. The zero-order valence-corrected chi connectivity index (χ0v) is 9.59. The van der Waals surface area contributed by atoms with Gasteiger partial charge in [0.1, 0.15) is 6.54 Å². The summed E-state index contributed by atoms with van der Waals surface area (Å²) in [7, 11) is -2.19. The van der Waals surface area contributed by atoms with Crippen molar-refractivity contribution in [2.45, 2.75) is 6.92 Å². The molecule has 0 heterocycles. The molecule has 0 aliphatic heterocycles. The van der Waals surface area contributed by atoms with Crippen LogP contribution in [0.15, 0.2) is 0 Å². The van der Waals surface area contributed by atoms with Gasteiger partial charge in [0.15, 0.2) is 0 Å². The highest BCUT2D eigenvalue weighted by Crippen LogP contribution is 1.80. The monoisotopic (exact) mass is 240 g/mol. The minimum atomic E-state index is -3.65. The van der Waals surface area contributed by atoms with Gasteiger partial charge in [0.05, 0.1) is 13.2 Å². The van der Waals surface area contributed by atoms with Crippen LogP contribution in [0.4, 0.5) is 0 Å². The molecule has 0 saturated heterocycles. The minimum Gasteiger partial charge on any atom is -0.465 e. The van der Waals surface area contributed by atoms with E-state index in [-0.39, 0.29) is 26.3 Å². The van der Waals surface area contributed by atoms with Gasteiger partial charge in [-0.05, 0) is 6.92 Å². The lowest BCUT2D eigenvalue weighted by atomic mass is 10.7. The summed E-state index contributed by atoms with van der Waals surface area (Å²) in [5.74, 6) is -0.616. The number of hydrogen-bond donors (Lipinski definition) is 2. The highest BCUT2D eigenvalue weighted by atomic mass is 32.2. The van der Waals surface area contributed by atoms with Crippen LogP contribution in [-0.4, -0.2) is 47.8 Å². The van der Waals surface area contributed by atoms with Gasteiger partial charge < -0.3 is 9.47 Å². The molecule has 0 aliphatic rings. The van der Waals surface area contributed by atoms with Crippen molar-refractivity contribution in [1.82, 2.24) is 9.44 Å². The van der Waals surface area contributed by atoms with Gasteiger partial charge in [-0.2, -0.15) is 17.9 Å². The fourth-order valence-electron chi connectivity index (χ4n) is 0.695. The van der Waals surface area contributed by atoms with Crippen LogP contribution in [0.3, 0.4) is 0 Å². The van der Waals surface area contributed by atoms with Gasteiger partial charge in [-0.25, -0.2) is 0 Å². The standard InChI is InChI=1S/C7H16N2O5S/c1-3-14-7(10)6-9-15(11,12)8-4-5-13-2/h8-9H,3-6H2,1-2H3. The van der Waals surface area contributed by atoms with Crippen LogP contribution < -0.4 is 9.44 Å². The summed E-state index contributed by atoms with van der Waals surface area (Å²) in [5, 5.41) is 0. The first-order valence-electron chi connectivity index (χ1n) is 4.40. The summed E-state index contributed by atoms with van der Waals surface area (Å²) in [4.78, 5) is 10.8. The highest BCUT2D eigenvalue weighted by molar-refractivity contribution is 7.87. The molecule has 0 unspecified atom stereocenters. The second-order valence-electron chi connectivity index (χ2n) is 2.52. The van der Waals surface area contributed by atoms with Gasteiger partial charge in [-0.3, -0.25) is 4.79 Å². The molecule has 2 N–H and O–H groups in total. The molecule has 0 amide bonds. The van der Waals surface area contributed by atoms with E-state index in [0.29, 0.717) is 0 Å². The Morgan fingerprint density at radius 3 is 2.53 bits per heavy atom. The molecule has 0 aliphatic carbocycles. The quantitative estimate of drug-likeness (QED) is 0.403. The zero-order chi connectivity index (χ0) is 11.7. The van der Waals surface area contributed by atoms with Crippen molar-refractivity contribution in [3.8, 4) is 0 Å². The lowest BCUT2D eigenvalue weighted by molar-refractivity contribution is -0.141. The summed E-state index contributed by atoms with van der Waals surface area (Å²) < 4.78 is 35.7. The first-order valence-corrected chi connectivity index (χ1v) is 5.89. The largest absolute Gasteiger partial charge is 0.465 e. The molecule has 0 rings (SSSR count). The summed E-state index contributed by atoms with van der Waals surface area (Å²) in [6, 6.07) is 0. The van der Waals surface area contributed by atoms with Crippen molar-refractivity contribution in [3.05, 3.63) is 0 Å². The number of rotatable bonds is 8. The summed E-state index contributed by atoms with van der Waals surface area (Å²) >= 11 is 0. The summed E-state index contributed by atoms with van der Waals surface area (Å²) in [6.07, 6.45) is 0. The molecule has 0 saturated carbocycles. The van der Waals surface area contributed by atoms with E-state index in [2.05, 4.69) is 14.2 Å². The number of hydrogen-bond acceptors (Lipinski definition) is 5. The fraction of sp³-hybridized carbons (Fsp3) is 0.857. The fourth-order valence-corrected chi connectivity index (χ4v) is 1.46. The lowest BCUT2D eigenvalue weighted by Crippen LogP contribution is -2.40. The molecule has 7 nitrogen and oxygen atoms in total. The number of carbonyl (C=O) groups is 1. The molecule has 0 bridgehead atoms. The van der Waals surface area contributed by atoms with Gasteiger partial charge in [0, 0.05) is 13.7 Å². The molecule has 15 heavy (non-hydrogen) atoms. The SMILES string of the molecule is CCOC(=O)CNS(=O)(=O)NCCOC. The van der Waals surface area contributed by atoms with E-state index in [1.165, 1.54) is 7.11 Å². The third kappa shape index (κ3) is 8.30. The Labute approximate surface area is 89.3 Å². The molecule has 0 aromatic carbocycles. The van der Waals surface area contributed by atoms with E-state index in [0.717, 1.165) is 0 Å². The molecule has 8 heteroatoms. The van der Waals surface area contributed by atoms with Crippen molar-refractivity contribution < 1.29 is 22.7 Å². The predicted octanol–water partition coefficient (Wildman–Crippen LogP) is -1.38. The maximum absolute atomic E-state index is 11.1. The summed E-state index contributed by atoms with van der Waals surface area (Å²) in [5.41, 5.74) is 0. The molecular weight excluding hydrogens is 224 g/mol. The van der Waals surface area contributed by atoms with Crippen molar-refractivity contribution >= 4 is 16.2 Å². The van der Waals surface area contributed by atoms with Crippen molar-refractivity contribution in [2.75, 3.05) is 33.4 Å². The zero-order valence-electron chi connectivity index (χ0n) is 8.78. The third-order valence-electron chi connectivity index (χ3n) is 1.31. The molecule has 0 atom stereocenters. The van der Waals surface area contributed by atoms with Gasteiger partial charge in [-0.15, -0.1) is 0 Å². The van der Waals surface area contributed by atoms with E-state index >= 15 is 0 Å². The number of nitrogens with one attached hydrogen (secondary N) is 2. The Kier molecular flexibility index (Phi) is 7.22. The van der Waals surface area contributed by atoms with Crippen molar-refractivity contribution in [2.24, 2.45) is 0 Å². The smallest absolute Gasteiger partial charge is 0.321 e. The second kappa shape index (κ2) is 7.57. The van der Waals surface area contributed by atoms with E-state index in [9.17, 15) is 13.2 Å². The number of methoxy groups -OCH3 is 1. The average molecular weight is 240 g/mol. The molecule has 0 spiro atoms. The van der Waals surface area contributed by atoms with Gasteiger partial charge >= 0.3 is 5.97 Å². The van der Waals surface area contributed by atoms with Crippen LogP contribution in [0.25, 0.3) is 0 Å². The molecular formula is C7H16N2O5S. The maximum Gasteiger partial charge on any atom is 0.321 e. The maximum atomic E-state index is 11.1. The first-order chi connectivity index (χ1) is 7.02. The molecule has 90 valence electrons. The number of ether oxygens (including phenoxy) is 2. The minimum absolute atomic E-state index is 0.147. The van der Waals surface area contributed by atoms with E-state index < -0.39 is 16.2 Å². The average Bonchev–Trinajstić information content (AvgIpc) is 2.16. The van der Waals surface area contributed by atoms with E-state index in [1.807, 2.05) is 4.72 Å². The van der Waals surface area contributed by atoms with Crippen LogP contribution in [0, 0.1) is 0 Å². The van der Waals surface area contributed by atoms with Crippen molar-refractivity contribution in [3.63, 3.8) is 0 Å². The van der Waals surface area contributed by atoms with Crippen LogP contribution in [0.1, 0.15) is 6.92 Å². The molecule has 0 aromatic rings. The van der Waals surface area contributed by atoms with Crippen LogP contribution in [-0.2, 0) is 24.5 Å². The number of carbonyl (C=O) groups excluding carboxylic acids is 1. The van der Waals surface area contributed by atoms with E-state index in [1.54, 1.807) is 6.92 Å². The predicted molar refractivity (Wildman–Crippen MR) is 53.4 cm³/mol. The Morgan fingerprint density at radius 2 is 2.00 bits per heavy atom. The third-order valence-corrected chi connectivity index (χ3v) is 2.42. The molecule has 0 fully saturated rings. The van der Waals surface area contributed by atoms with Crippen LogP contribution in [0.2, 0.25) is 0 Å². The Balaban J connectivity index is 3.78. The molecule has 0 aromatic heterocycles. The Morgan fingerprint density at radius 1 is 1.33 bits per heavy atom.